The molecule has 6 bridgehead atoms. The number of nitrogens with zero attached hydrogens (tertiary/aromatic N) is 3. The molecule has 1 saturated heterocycles. The Hall–Kier alpha value is -4.80. The molecule has 1 aromatic heterocycles. The fourth-order valence-corrected chi connectivity index (χ4v) is 8.11. The summed E-state index contributed by atoms with van der Waals surface area (Å²) in [5.74, 6) is -2.76. The van der Waals surface area contributed by atoms with E-state index in [2.05, 4.69) is 59.6 Å². The topological polar surface area (TPSA) is 148 Å². The van der Waals surface area contributed by atoms with Gasteiger partial charge in [-0.3, -0.25) is 19.2 Å². The summed E-state index contributed by atoms with van der Waals surface area (Å²) in [5.41, 5.74) is 3.43. The smallest absolute Gasteiger partial charge is 0.322 e. The van der Waals surface area contributed by atoms with Crippen molar-refractivity contribution in [2.24, 2.45) is 22.7 Å². The van der Waals surface area contributed by atoms with Gasteiger partial charge in [0.15, 0.2) is 11.4 Å². The Balaban J connectivity index is 1.54. The van der Waals surface area contributed by atoms with E-state index in [1.54, 1.807) is 27.7 Å². The molecule has 1 amide bonds. The van der Waals surface area contributed by atoms with Gasteiger partial charge in [-0.25, -0.2) is 9.97 Å². The third-order valence-electron chi connectivity index (χ3n) is 10.7. The fraction of sp³-hybridized carbons (Fsp3) is 0.500. The second-order valence-electron chi connectivity index (χ2n) is 16.2. The molecule has 2 aromatic rings. The Morgan fingerprint density at radius 3 is 2.18 bits per heavy atom. The lowest BCUT2D eigenvalue weighted by Gasteiger charge is -2.51. The number of nitrogens with one attached hydrogen (secondary N) is 1. The Morgan fingerprint density at radius 2 is 1.61 bits per heavy atom. The van der Waals surface area contributed by atoms with Gasteiger partial charge in [-0.15, -0.1) is 0 Å². The van der Waals surface area contributed by atoms with E-state index in [0.717, 1.165) is 42.7 Å². The molecule has 11 nitrogen and oxygen atoms in total. The van der Waals surface area contributed by atoms with Crippen molar-refractivity contribution in [2.75, 3.05) is 24.5 Å². The Labute approximate surface area is 299 Å². The van der Waals surface area contributed by atoms with Crippen molar-refractivity contribution in [1.82, 2.24) is 15.3 Å². The predicted molar refractivity (Wildman–Crippen MR) is 191 cm³/mol. The van der Waals surface area contributed by atoms with E-state index < -0.39 is 40.6 Å². The molecular weight excluding hydrogens is 648 g/mol. The summed E-state index contributed by atoms with van der Waals surface area (Å²) in [4.78, 5) is 63.3. The third kappa shape index (κ3) is 6.47. The standard InChI is InChI=1S/C40H48N4O7/c1-22(34-42-23(2)33(51-37(49)39(6,7)8)32(43-34)35(47)41-20-30(45)46)40(31-24-9-10-25(31)12-11-24)27-15-17-44(18-16-27)29-14-13-28(40)19-26(29)21-50-36(48)38(3,4)5/h9-14,19,22,27,31H,15-18,20-21H2,1-8H3,(H,41,47)(H,45,46). The largest absolute Gasteiger partial charge is 0.480 e. The molecule has 0 saturated carbocycles. The number of carboxylic acids is 1. The highest BCUT2D eigenvalue weighted by Crippen LogP contribution is 2.61. The Kier molecular flexibility index (Phi) is 9.23. The van der Waals surface area contributed by atoms with Gasteiger partial charge >= 0.3 is 17.9 Å². The van der Waals surface area contributed by atoms with E-state index in [1.807, 2.05) is 20.8 Å². The number of benzene rings is 1. The molecule has 1 fully saturated rings. The van der Waals surface area contributed by atoms with Crippen LogP contribution in [0.4, 0.5) is 5.69 Å². The van der Waals surface area contributed by atoms with Crippen molar-refractivity contribution in [1.29, 1.82) is 0 Å². The average Bonchev–Trinajstić information content (AvgIpc) is 3.70. The zero-order chi connectivity index (χ0) is 37.0. The summed E-state index contributed by atoms with van der Waals surface area (Å²) in [7, 11) is 0. The van der Waals surface area contributed by atoms with E-state index in [-0.39, 0.29) is 41.8 Å². The number of carbonyl (C=O) groups excluding carboxylic acids is 3. The predicted octanol–water partition coefficient (Wildman–Crippen LogP) is 5.96. The molecule has 6 heterocycles. The minimum Gasteiger partial charge on any atom is -0.480 e. The van der Waals surface area contributed by atoms with Gasteiger partial charge in [0, 0.05) is 41.6 Å². The van der Waals surface area contributed by atoms with Crippen LogP contribution < -0.4 is 15.0 Å². The maximum absolute atomic E-state index is 13.6. The molecular formula is C40H48N4O7. The number of aromatic nitrogens is 2. The monoisotopic (exact) mass is 696 g/mol. The van der Waals surface area contributed by atoms with Crippen LogP contribution in [-0.4, -0.2) is 58.5 Å². The van der Waals surface area contributed by atoms with E-state index in [1.165, 1.54) is 11.1 Å². The highest BCUT2D eigenvalue weighted by atomic mass is 16.5. The molecule has 2 N–H and O–H groups in total. The van der Waals surface area contributed by atoms with Crippen LogP contribution in [0.2, 0.25) is 0 Å². The van der Waals surface area contributed by atoms with Crippen molar-refractivity contribution in [3.05, 3.63) is 82.0 Å². The molecule has 2 aliphatic carbocycles. The number of aliphatic carboxylic acids is 1. The lowest BCUT2D eigenvalue weighted by atomic mass is 9.52. The first kappa shape index (κ1) is 36.0. The maximum Gasteiger partial charge on any atom is 0.322 e. The van der Waals surface area contributed by atoms with Crippen molar-refractivity contribution < 1.29 is 33.8 Å². The van der Waals surface area contributed by atoms with Crippen LogP contribution in [0, 0.1) is 29.6 Å². The number of fused-ring (bicyclic) bond motifs is 2. The summed E-state index contributed by atoms with van der Waals surface area (Å²) < 4.78 is 11.7. The molecule has 0 spiro atoms. The van der Waals surface area contributed by atoms with Crippen molar-refractivity contribution in [2.45, 2.75) is 86.2 Å². The second-order valence-corrected chi connectivity index (χ2v) is 16.2. The normalized spacial score (nSPS) is 21.4. The van der Waals surface area contributed by atoms with E-state index >= 15 is 0 Å². The molecule has 7 aliphatic rings. The average molecular weight is 697 g/mol. The summed E-state index contributed by atoms with van der Waals surface area (Å²) in [5, 5.41) is 11.7. The van der Waals surface area contributed by atoms with E-state index in [4.69, 9.17) is 19.4 Å². The Bertz CT molecular complexity index is 1870. The van der Waals surface area contributed by atoms with Crippen LogP contribution in [0.5, 0.6) is 5.75 Å². The van der Waals surface area contributed by atoms with Crippen LogP contribution in [0.25, 0.3) is 0 Å². The zero-order valence-corrected chi connectivity index (χ0v) is 30.8. The van der Waals surface area contributed by atoms with Gasteiger partial charge in [0.25, 0.3) is 5.91 Å². The number of amides is 1. The number of rotatable bonds is 9. The number of ether oxygens (including phenoxy) is 2. The summed E-state index contributed by atoms with van der Waals surface area (Å²) in [6, 6.07) is 6.51. The second kappa shape index (κ2) is 13.1. The third-order valence-corrected chi connectivity index (χ3v) is 10.7. The van der Waals surface area contributed by atoms with Crippen molar-refractivity contribution in [3.63, 3.8) is 0 Å². The first-order chi connectivity index (χ1) is 23.9. The molecule has 2 atom stereocenters. The molecule has 2 unspecified atom stereocenters. The summed E-state index contributed by atoms with van der Waals surface area (Å²) in [6.45, 7) is 15.6. The molecule has 0 radical (unpaired) electrons. The van der Waals surface area contributed by atoms with Gasteiger partial charge in [-0.05, 0) is 96.1 Å². The molecule has 270 valence electrons. The SMILES string of the molecule is Cc1nc(C(C)C2(C3C4=CC=C3C=C4)c3ccc(c(COC(=O)C(C)(C)C)c3)N3CCC2CC3)nc(C(=O)NCC(=O)O)c1OC(=O)C(C)(C)C. The van der Waals surface area contributed by atoms with Crippen LogP contribution in [0.1, 0.15) is 100 Å². The Morgan fingerprint density at radius 1 is 0.980 bits per heavy atom. The van der Waals surface area contributed by atoms with Crippen molar-refractivity contribution in [3.8, 4) is 5.75 Å². The number of hydrogen-bond acceptors (Lipinski definition) is 9. The van der Waals surface area contributed by atoms with E-state index in [0.29, 0.717) is 11.5 Å². The zero-order valence-electron chi connectivity index (χ0n) is 30.8. The number of anilines is 1. The number of carboxylic acid groups (broad SMARTS) is 1. The van der Waals surface area contributed by atoms with Gasteiger partial charge < -0.3 is 24.8 Å². The number of piperidine rings is 1. The number of carbonyl (C=O) groups is 4. The first-order valence-corrected chi connectivity index (χ1v) is 17.7. The van der Waals surface area contributed by atoms with Crippen molar-refractivity contribution >= 4 is 29.5 Å². The summed E-state index contributed by atoms with van der Waals surface area (Å²) >= 11 is 0. The van der Waals surface area contributed by atoms with Crippen LogP contribution in [0.15, 0.2) is 53.6 Å². The molecule has 9 rings (SSSR count). The van der Waals surface area contributed by atoms with Crippen LogP contribution >= 0.6 is 0 Å². The number of aryl methyl sites for hydroxylation is 1. The van der Waals surface area contributed by atoms with Gasteiger partial charge in [-0.1, -0.05) is 37.3 Å². The molecule has 51 heavy (non-hydrogen) atoms. The van der Waals surface area contributed by atoms with Crippen LogP contribution in [-0.2, 0) is 31.1 Å². The molecule has 1 aromatic carbocycles. The van der Waals surface area contributed by atoms with Gasteiger partial charge in [0.2, 0.25) is 0 Å². The highest BCUT2D eigenvalue weighted by Gasteiger charge is 2.56. The lowest BCUT2D eigenvalue weighted by Crippen LogP contribution is -2.50. The number of hydrogen-bond donors (Lipinski definition) is 2. The minimum atomic E-state index is -1.22. The number of allylic oxidation sites excluding steroid dienone is 6. The van der Waals surface area contributed by atoms with Gasteiger partial charge in [0.05, 0.1) is 16.5 Å². The fourth-order valence-electron chi connectivity index (χ4n) is 8.11. The van der Waals surface area contributed by atoms with Gasteiger partial charge in [0.1, 0.15) is 19.0 Å². The first-order valence-electron chi connectivity index (χ1n) is 17.7. The van der Waals surface area contributed by atoms with E-state index in [9.17, 15) is 24.3 Å². The molecule has 11 heteroatoms. The van der Waals surface area contributed by atoms with Crippen LogP contribution in [0.3, 0.4) is 0 Å². The molecule has 5 aliphatic heterocycles. The lowest BCUT2D eigenvalue weighted by molar-refractivity contribution is -0.154. The summed E-state index contributed by atoms with van der Waals surface area (Å²) in [6.07, 6.45) is 10.5. The minimum absolute atomic E-state index is 0.0236. The quantitative estimate of drug-likeness (QED) is 0.301. The van der Waals surface area contributed by atoms with Gasteiger partial charge in [-0.2, -0.15) is 0 Å². The number of esters is 2. The highest BCUT2D eigenvalue weighted by molar-refractivity contribution is 5.97. The maximum atomic E-state index is 13.6.